The van der Waals surface area contributed by atoms with Crippen LogP contribution in [0.25, 0.3) is 0 Å². The average Bonchev–Trinajstić information content (AvgIpc) is 2.41. The standard InChI is InChI=1S/C14H17ClN2O/c15-14-7-11(8-16)4-5-12(14)9-17-6-2-1-3-13(17)10-18/h4-5,7,13,18H,1-3,6,9-10H2. The number of halogens is 1. The van der Waals surface area contributed by atoms with Gasteiger partial charge in [0, 0.05) is 17.6 Å². The first-order chi connectivity index (χ1) is 8.74. The quantitative estimate of drug-likeness (QED) is 0.913. The largest absolute Gasteiger partial charge is 0.395 e. The first kappa shape index (κ1) is 13.4. The maximum atomic E-state index is 9.37. The fourth-order valence-corrected chi connectivity index (χ4v) is 2.68. The number of nitrogens with zero attached hydrogens (tertiary/aromatic N) is 2. The van der Waals surface area contributed by atoms with Crippen LogP contribution in [0.3, 0.4) is 0 Å². The second-order valence-electron chi connectivity index (χ2n) is 4.72. The van der Waals surface area contributed by atoms with E-state index in [4.69, 9.17) is 16.9 Å². The molecule has 3 nitrogen and oxygen atoms in total. The Kier molecular flexibility index (Phi) is 4.60. The molecule has 96 valence electrons. The zero-order valence-corrected chi connectivity index (χ0v) is 11.0. The third-order valence-corrected chi connectivity index (χ3v) is 3.87. The van der Waals surface area contributed by atoms with Crippen LogP contribution in [0.5, 0.6) is 0 Å². The highest BCUT2D eigenvalue weighted by Gasteiger charge is 2.22. The molecule has 1 N–H and O–H groups in total. The Labute approximate surface area is 113 Å². The van der Waals surface area contributed by atoms with Crippen LogP contribution in [0.15, 0.2) is 18.2 Å². The van der Waals surface area contributed by atoms with E-state index >= 15 is 0 Å². The summed E-state index contributed by atoms with van der Waals surface area (Å²) in [7, 11) is 0. The number of nitriles is 1. The molecule has 0 aromatic heterocycles. The molecule has 0 amide bonds. The van der Waals surface area contributed by atoms with Crippen molar-refractivity contribution in [3.63, 3.8) is 0 Å². The zero-order valence-electron chi connectivity index (χ0n) is 10.3. The summed E-state index contributed by atoms with van der Waals surface area (Å²) in [6, 6.07) is 7.72. The van der Waals surface area contributed by atoms with Crippen LogP contribution in [0, 0.1) is 11.3 Å². The minimum atomic E-state index is 0.202. The Morgan fingerprint density at radius 3 is 2.94 bits per heavy atom. The number of hydrogen-bond donors (Lipinski definition) is 1. The van der Waals surface area contributed by atoms with E-state index in [9.17, 15) is 5.11 Å². The maximum absolute atomic E-state index is 9.37. The summed E-state index contributed by atoms with van der Waals surface area (Å²) in [5, 5.41) is 18.8. The predicted octanol–water partition coefficient (Wildman–Crippen LogP) is 2.56. The van der Waals surface area contributed by atoms with Gasteiger partial charge in [0.2, 0.25) is 0 Å². The molecule has 0 radical (unpaired) electrons. The van der Waals surface area contributed by atoms with Crippen molar-refractivity contribution >= 4 is 11.6 Å². The van der Waals surface area contributed by atoms with E-state index in [1.54, 1.807) is 12.1 Å². The van der Waals surface area contributed by atoms with Gasteiger partial charge in [-0.15, -0.1) is 0 Å². The highest BCUT2D eigenvalue weighted by atomic mass is 35.5. The molecule has 1 aliphatic rings. The fourth-order valence-electron chi connectivity index (χ4n) is 2.44. The number of piperidine rings is 1. The molecule has 1 saturated heterocycles. The Morgan fingerprint density at radius 2 is 2.28 bits per heavy atom. The van der Waals surface area contributed by atoms with Gasteiger partial charge in [-0.25, -0.2) is 0 Å². The van der Waals surface area contributed by atoms with Crippen molar-refractivity contribution in [3.05, 3.63) is 34.3 Å². The molecule has 1 unspecified atom stereocenters. The lowest BCUT2D eigenvalue weighted by Gasteiger charge is -2.34. The fraction of sp³-hybridized carbons (Fsp3) is 0.500. The van der Waals surface area contributed by atoms with Crippen molar-refractivity contribution in [2.75, 3.05) is 13.2 Å². The number of aliphatic hydroxyl groups is 1. The number of hydrogen-bond acceptors (Lipinski definition) is 3. The summed E-state index contributed by atoms with van der Waals surface area (Å²) in [5.41, 5.74) is 1.61. The highest BCUT2D eigenvalue weighted by Crippen LogP contribution is 2.24. The van der Waals surface area contributed by atoms with Gasteiger partial charge in [0.25, 0.3) is 0 Å². The molecule has 1 aliphatic heterocycles. The predicted molar refractivity (Wildman–Crippen MR) is 71.3 cm³/mol. The van der Waals surface area contributed by atoms with Gasteiger partial charge in [0.05, 0.1) is 18.2 Å². The zero-order chi connectivity index (χ0) is 13.0. The molecule has 1 aromatic carbocycles. The topological polar surface area (TPSA) is 47.3 Å². The SMILES string of the molecule is N#Cc1ccc(CN2CCCCC2CO)c(Cl)c1. The van der Waals surface area contributed by atoms with Crippen molar-refractivity contribution in [2.24, 2.45) is 0 Å². The van der Waals surface area contributed by atoms with Crippen LogP contribution in [0.4, 0.5) is 0 Å². The lowest BCUT2D eigenvalue weighted by atomic mass is 10.0. The summed E-state index contributed by atoms with van der Waals surface area (Å²) >= 11 is 6.18. The van der Waals surface area contributed by atoms with Crippen molar-refractivity contribution < 1.29 is 5.11 Å². The molecule has 1 atom stereocenters. The van der Waals surface area contributed by atoms with Crippen LogP contribution < -0.4 is 0 Å². The Bertz CT molecular complexity index is 456. The van der Waals surface area contributed by atoms with Gasteiger partial charge in [0.1, 0.15) is 0 Å². The summed E-state index contributed by atoms with van der Waals surface area (Å²) in [6.45, 7) is 1.95. The Hall–Kier alpha value is -1.08. The average molecular weight is 265 g/mol. The Morgan fingerprint density at radius 1 is 1.44 bits per heavy atom. The van der Waals surface area contributed by atoms with E-state index in [-0.39, 0.29) is 12.6 Å². The monoisotopic (exact) mass is 264 g/mol. The number of aliphatic hydroxyl groups excluding tert-OH is 1. The van der Waals surface area contributed by atoms with Gasteiger partial charge in [-0.3, -0.25) is 4.90 Å². The van der Waals surface area contributed by atoms with E-state index in [1.165, 1.54) is 12.8 Å². The Balaban J connectivity index is 2.10. The molecular weight excluding hydrogens is 248 g/mol. The van der Waals surface area contributed by atoms with E-state index in [1.807, 2.05) is 6.07 Å². The lowest BCUT2D eigenvalue weighted by Crippen LogP contribution is -2.41. The molecule has 2 rings (SSSR count). The van der Waals surface area contributed by atoms with Crippen LogP contribution >= 0.6 is 11.6 Å². The maximum Gasteiger partial charge on any atom is 0.0992 e. The number of rotatable bonds is 3. The van der Waals surface area contributed by atoms with E-state index in [2.05, 4.69) is 11.0 Å². The summed E-state index contributed by atoms with van der Waals surface area (Å²) in [6.07, 6.45) is 3.40. The second-order valence-corrected chi connectivity index (χ2v) is 5.13. The van der Waals surface area contributed by atoms with Gasteiger partial charge >= 0.3 is 0 Å². The minimum Gasteiger partial charge on any atom is -0.395 e. The van der Waals surface area contributed by atoms with E-state index in [0.29, 0.717) is 10.6 Å². The van der Waals surface area contributed by atoms with E-state index < -0.39 is 0 Å². The molecular formula is C14H17ClN2O. The first-order valence-corrected chi connectivity index (χ1v) is 6.66. The van der Waals surface area contributed by atoms with Gasteiger partial charge in [-0.1, -0.05) is 24.1 Å². The van der Waals surface area contributed by atoms with Gasteiger partial charge in [0.15, 0.2) is 0 Å². The summed E-state index contributed by atoms with van der Waals surface area (Å²) < 4.78 is 0. The van der Waals surface area contributed by atoms with Crippen molar-refractivity contribution in [1.29, 1.82) is 5.26 Å². The third kappa shape index (κ3) is 3.02. The molecule has 1 aromatic rings. The molecule has 0 bridgehead atoms. The molecule has 0 saturated carbocycles. The molecule has 4 heteroatoms. The first-order valence-electron chi connectivity index (χ1n) is 6.28. The number of benzene rings is 1. The van der Waals surface area contributed by atoms with Crippen LogP contribution in [-0.4, -0.2) is 29.2 Å². The van der Waals surface area contributed by atoms with Crippen molar-refractivity contribution in [3.8, 4) is 6.07 Å². The highest BCUT2D eigenvalue weighted by molar-refractivity contribution is 6.31. The molecule has 1 heterocycles. The van der Waals surface area contributed by atoms with Crippen molar-refractivity contribution in [2.45, 2.75) is 31.8 Å². The molecule has 1 fully saturated rings. The molecule has 0 spiro atoms. The van der Waals surface area contributed by atoms with Crippen LogP contribution in [0.1, 0.15) is 30.4 Å². The number of likely N-dealkylation sites (tertiary alicyclic amines) is 1. The van der Waals surface area contributed by atoms with Gasteiger partial charge < -0.3 is 5.11 Å². The van der Waals surface area contributed by atoms with Crippen LogP contribution in [-0.2, 0) is 6.54 Å². The minimum absolute atomic E-state index is 0.202. The van der Waals surface area contributed by atoms with E-state index in [0.717, 1.165) is 25.1 Å². The van der Waals surface area contributed by atoms with Gasteiger partial charge in [-0.2, -0.15) is 5.26 Å². The molecule has 0 aliphatic carbocycles. The summed E-state index contributed by atoms with van der Waals surface area (Å²) in [4.78, 5) is 2.27. The second kappa shape index (κ2) is 6.19. The van der Waals surface area contributed by atoms with Crippen molar-refractivity contribution in [1.82, 2.24) is 4.90 Å². The normalized spacial score (nSPS) is 20.6. The van der Waals surface area contributed by atoms with Gasteiger partial charge in [-0.05, 0) is 37.1 Å². The lowest BCUT2D eigenvalue weighted by molar-refractivity contribution is 0.0841. The van der Waals surface area contributed by atoms with Crippen LogP contribution in [0.2, 0.25) is 5.02 Å². The smallest absolute Gasteiger partial charge is 0.0992 e. The molecule has 18 heavy (non-hydrogen) atoms. The summed E-state index contributed by atoms with van der Waals surface area (Å²) in [5.74, 6) is 0. The third-order valence-electron chi connectivity index (χ3n) is 3.52.